The zero-order valence-corrected chi connectivity index (χ0v) is 14.6. The SMILES string of the molecule is COc1ccc(CN(C)S(=O)(=O)c2c(C)noc2C)cc1OC. The van der Waals surface area contributed by atoms with E-state index in [1.807, 2.05) is 0 Å². The van der Waals surface area contributed by atoms with Crippen molar-refractivity contribution in [3.8, 4) is 11.5 Å². The van der Waals surface area contributed by atoms with E-state index in [2.05, 4.69) is 5.16 Å². The Morgan fingerprint density at radius 1 is 1.17 bits per heavy atom. The van der Waals surface area contributed by atoms with Gasteiger partial charge in [-0.25, -0.2) is 8.42 Å². The average molecular weight is 340 g/mol. The second kappa shape index (κ2) is 6.59. The Morgan fingerprint density at radius 3 is 2.35 bits per heavy atom. The van der Waals surface area contributed by atoms with Crippen LogP contribution in [0.25, 0.3) is 0 Å². The second-order valence-corrected chi connectivity index (χ2v) is 7.09. The number of sulfonamides is 1. The monoisotopic (exact) mass is 340 g/mol. The molecule has 7 nitrogen and oxygen atoms in total. The third kappa shape index (κ3) is 3.32. The van der Waals surface area contributed by atoms with Crippen LogP contribution in [0.5, 0.6) is 11.5 Å². The largest absolute Gasteiger partial charge is 0.493 e. The highest BCUT2D eigenvalue weighted by Gasteiger charge is 2.28. The summed E-state index contributed by atoms with van der Waals surface area (Å²) in [6.45, 7) is 3.37. The molecule has 1 aromatic heterocycles. The first-order valence-electron chi connectivity index (χ1n) is 6.91. The van der Waals surface area contributed by atoms with Crippen LogP contribution in [-0.4, -0.2) is 39.1 Å². The van der Waals surface area contributed by atoms with Crippen molar-refractivity contribution < 1.29 is 22.4 Å². The van der Waals surface area contributed by atoms with Crippen molar-refractivity contribution in [2.75, 3.05) is 21.3 Å². The molecule has 0 saturated carbocycles. The van der Waals surface area contributed by atoms with Gasteiger partial charge in [-0.2, -0.15) is 4.31 Å². The van der Waals surface area contributed by atoms with E-state index >= 15 is 0 Å². The van der Waals surface area contributed by atoms with Crippen molar-refractivity contribution in [2.24, 2.45) is 0 Å². The molecule has 0 bridgehead atoms. The van der Waals surface area contributed by atoms with Gasteiger partial charge in [0, 0.05) is 13.6 Å². The average Bonchev–Trinajstić information content (AvgIpc) is 2.86. The third-order valence-electron chi connectivity index (χ3n) is 3.49. The van der Waals surface area contributed by atoms with E-state index in [0.717, 1.165) is 5.56 Å². The highest BCUT2D eigenvalue weighted by Crippen LogP contribution is 2.29. The summed E-state index contributed by atoms with van der Waals surface area (Å²) in [5.41, 5.74) is 1.13. The van der Waals surface area contributed by atoms with E-state index in [4.69, 9.17) is 14.0 Å². The quantitative estimate of drug-likeness (QED) is 0.801. The fourth-order valence-electron chi connectivity index (χ4n) is 2.32. The molecule has 0 unspecified atom stereocenters. The van der Waals surface area contributed by atoms with E-state index in [-0.39, 0.29) is 17.2 Å². The van der Waals surface area contributed by atoms with Crippen LogP contribution in [0.15, 0.2) is 27.6 Å². The smallest absolute Gasteiger partial charge is 0.248 e. The van der Waals surface area contributed by atoms with Crippen LogP contribution >= 0.6 is 0 Å². The summed E-state index contributed by atoms with van der Waals surface area (Å²) in [4.78, 5) is 0.112. The van der Waals surface area contributed by atoms with E-state index in [1.165, 1.54) is 18.5 Å². The lowest BCUT2D eigenvalue weighted by atomic mass is 10.2. The minimum absolute atomic E-state index is 0.112. The maximum absolute atomic E-state index is 12.7. The van der Waals surface area contributed by atoms with E-state index in [0.29, 0.717) is 17.2 Å². The van der Waals surface area contributed by atoms with Gasteiger partial charge in [0.2, 0.25) is 10.0 Å². The summed E-state index contributed by atoms with van der Waals surface area (Å²) < 4.78 is 42.0. The Bertz CT molecular complexity index is 779. The number of hydrogen-bond acceptors (Lipinski definition) is 6. The molecule has 1 heterocycles. The Balaban J connectivity index is 2.30. The topological polar surface area (TPSA) is 81.9 Å². The van der Waals surface area contributed by atoms with Crippen LogP contribution in [0.4, 0.5) is 0 Å². The van der Waals surface area contributed by atoms with Crippen LogP contribution in [-0.2, 0) is 16.6 Å². The predicted molar refractivity (Wildman–Crippen MR) is 84.2 cm³/mol. The maximum Gasteiger partial charge on any atom is 0.248 e. The Hall–Kier alpha value is -2.06. The summed E-state index contributed by atoms with van der Waals surface area (Å²) in [6.07, 6.45) is 0. The van der Waals surface area contributed by atoms with Gasteiger partial charge in [-0.1, -0.05) is 11.2 Å². The molecule has 0 aliphatic heterocycles. The standard InChI is InChI=1S/C15H20N2O5S/c1-10-15(11(2)22-16-10)23(18,19)17(3)9-12-6-7-13(20-4)14(8-12)21-5/h6-8H,9H2,1-5H3. The van der Waals surface area contributed by atoms with Gasteiger partial charge in [0.05, 0.1) is 14.2 Å². The van der Waals surface area contributed by atoms with E-state index < -0.39 is 10.0 Å². The van der Waals surface area contributed by atoms with E-state index in [1.54, 1.807) is 39.2 Å². The van der Waals surface area contributed by atoms with Crippen molar-refractivity contribution in [3.05, 3.63) is 35.2 Å². The highest BCUT2D eigenvalue weighted by atomic mass is 32.2. The lowest BCUT2D eigenvalue weighted by Crippen LogP contribution is -2.27. The van der Waals surface area contributed by atoms with Crippen LogP contribution < -0.4 is 9.47 Å². The van der Waals surface area contributed by atoms with Crippen molar-refractivity contribution in [2.45, 2.75) is 25.3 Å². The third-order valence-corrected chi connectivity index (χ3v) is 5.54. The fourth-order valence-corrected chi connectivity index (χ4v) is 3.76. The van der Waals surface area contributed by atoms with E-state index in [9.17, 15) is 8.42 Å². The van der Waals surface area contributed by atoms with Crippen LogP contribution in [0, 0.1) is 13.8 Å². The summed E-state index contributed by atoms with van der Waals surface area (Å²) in [5, 5.41) is 3.70. The van der Waals surface area contributed by atoms with Gasteiger partial charge in [-0.05, 0) is 31.5 Å². The van der Waals surface area contributed by atoms with Gasteiger partial charge in [0.15, 0.2) is 17.3 Å². The summed E-state index contributed by atoms with van der Waals surface area (Å²) >= 11 is 0. The minimum Gasteiger partial charge on any atom is -0.493 e. The number of benzene rings is 1. The molecule has 0 saturated heterocycles. The molecule has 1 aromatic carbocycles. The molecule has 8 heteroatoms. The van der Waals surface area contributed by atoms with Gasteiger partial charge in [0.1, 0.15) is 10.6 Å². The first kappa shape index (κ1) is 17.3. The fraction of sp³-hybridized carbons (Fsp3) is 0.400. The Morgan fingerprint density at radius 2 is 1.83 bits per heavy atom. The number of ether oxygens (including phenoxy) is 2. The van der Waals surface area contributed by atoms with Gasteiger partial charge in [-0.3, -0.25) is 0 Å². The molecule has 0 N–H and O–H groups in total. The molecule has 126 valence electrons. The number of rotatable bonds is 6. The summed E-state index contributed by atoms with van der Waals surface area (Å²) in [6, 6.07) is 5.28. The summed E-state index contributed by atoms with van der Waals surface area (Å²) in [7, 11) is 0.907. The molecule has 0 aliphatic carbocycles. The Labute approximate surface area is 135 Å². The molecule has 0 fully saturated rings. The molecular formula is C15H20N2O5S. The van der Waals surface area contributed by atoms with Crippen molar-refractivity contribution in [3.63, 3.8) is 0 Å². The minimum atomic E-state index is -3.69. The Kier molecular flexibility index (Phi) is 4.96. The van der Waals surface area contributed by atoms with Gasteiger partial charge in [-0.15, -0.1) is 0 Å². The van der Waals surface area contributed by atoms with Crippen LogP contribution in [0.3, 0.4) is 0 Å². The normalized spacial score (nSPS) is 11.7. The molecule has 0 atom stereocenters. The first-order chi connectivity index (χ1) is 10.8. The first-order valence-corrected chi connectivity index (χ1v) is 8.35. The predicted octanol–water partition coefficient (Wildman–Crippen LogP) is 2.13. The van der Waals surface area contributed by atoms with Gasteiger partial charge in [0.25, 0.3) is 0 Å². The highest BCUT2D eigenvalue weighted by molar-refractivity contribution is 7.89. The van der Waals surface area contributed by atoms with Gasteiger partial charge < -0.3 is 14.0 Å². The molecular weight excluding hydrogens is 320 g/mol. The van der Waals surface area contributed by atoms with Crippen molar-refractivity contribution in [1.82, 2.24) is 9.46 Å². The zero-order valence-electron chi connectivity index (χ0n) is 13.8. The number of aromatic nitrogens is 1. The summed E-state index contributed by atoms with van der Waals surface area (Å²) in [5.74, 6) is 1.42. The number of hydrogen-bond donors (Lipinski definition) is 0. The maximum atomic E-state index is 12.7. The van der Waals surface area contributed by atoms with Crippen molar-refractivity contribution >= 4 is 10.0 Å². The molecule has 0 radical (unpaired) electrons. The molecule has 0 amide bonds. The molecule has 0 spiro atoms. The molecule has 0 aliphatic rings. The number of nitrogens with zero attached hydrogens (tertiary/aromatic N) is 2. The lowest BCUT2D eigenvalue weighted by Gasteiger charge is -2.18. The van der Waals surface area contributed by atoms with Gasteiger partial charge >= 0.3 is 0 Å². The molecule has 2 aromatic rings. The van der Waals surface area contributed by atoms with Crippen LogP contribution in [0.2, 0.25) is 0 Å². The number of methoxy groups -OCH3 is 2. The molecule has 23 heavy (non-hydrogen) atoms. The second-order valence-electron chi connectivity index (χ2n) is 5.10. The van der Waals surface area contributed by atoms with Crippen molar-refractivity contribution in [1.29, 1.82) is 0 Å². The zero-order chi connectivity index (χ0) is 17.2. The lowest BCUT2D eigenvalue weighted by molar-refractivity contribution is 0.354. The number of aryl methyl sites for hydroxylation is 2. The molecule has 2 rings (SSSR count). The van der Waals surface area contributed by atoms with Crippen LogP contribution in [0.1, 0.15) is 17.0 Å².